The third kappa shape index (κ3) is 7.80. The van der Waals surface area contributed by atoms with Gasteiger partial charge in [-0.15, -0.1) is 0 Å². The number of benzene rings is 2. The molecule has 0 atom stereocenters. The third-order valence-electron chi connectivity index (χ3n) is 3.88. The van der Waals surface area contributed by atoms with Crippen molar-refractivity contribution in [2.45, 2.75) is 6.92 Å². The van der Waals surface area contributed by atoms with Crippen LogP contribution >= 0.6 is 23.8 Å². The first-order chi connectivity index (χ1) is 14.8. The van der Waals surface area contributed by atoms with Crippen molar-refractivity contribution in [2.24, 2.45) is 0 Å². The molecule has 0 fully saturated rings. The van der Waals surface area contributed by atoms with Crippen molar-refractivity contribution in [1.82, 2.24) is 16.2 Å². The molecule has 2 aromatic carbocycles. The molecule has 0 radical (unpaired) electrons. The van der Waals surface area contributed by atoms with Gasteiger partial charge in [-0.05, 0) is 66.7 Å². The molecule has 3 N–H and O–H groups in total. The quantitative estimate of drug-likeness (QED) is 0.330. The van der Waals surface area contributed by atoms with Gasteiger partial charge in [-0.25, -0.2) is 0 Å². The van der Waals surface area contributed by atoms with Crippen LogP contribution < -0.4 is 30.4 Å². The molecule has 2 aromatic rings. The van der Waals surface area contributed by atoms with E-state index in [1.807, 2.05) is 6.92 Å². The van der Waals surface area contributed by atoms with Crippen molar-refractivity contribution in [1.29, 1.82) is 0 Å². The van der Waals surface area contributed by atoms with E-state index in [-0.39, 0.29) is 11.7 Å². The molecule has 2 rings (SSSR count). The second-order valence-electron chi connectivity index (χ2n) is 6.14. The number of methoxy groups -OCH3 is 2. The first kappa shape index (κ1) is 24.0. The Bertz CT molecular complexity index is 997. The maximum absolute atomic E-state index is 12.0. The second kappa shape index (κ2) is 11.8. The summed E-state index contributed by atoms with van der Waals surface area (Å²) in [5, 5.41) is 2.92. The van der Waals surface area contributed by atoms with Gasteiger partial charge >= 0.3 is 0 Å². The van der Waals surface area contributed by atoms with E-state index in [4.69, 9.17) is 38.0 Å². The maximum Gasteiger partial charge on any atom is 0.276 e. The molecule has 0 aliphatic carbocycles. The van der Waals surface area contributed by atoms with E-state index >= 15 is 0 Å². The van der Waals surface area contributed by atoms with E-state index in [0.29, 0.717) is 22.3 Å². The van der Waals surface area contributed by atoms with Gasteiger partial charge in [0.2, 0.25) is 5.91 Å². The minimum atomic E-state index is -0.480. The van der Waals surface area contributed by atoms with Crippen LogP contribution in [0.1, 0.15) is 11.1 Å². The highest BCUT2D eigenvalue weighted by atomic mass is 35.5. The van der Waals surface area contributed by atoms with E-state index < -0.39 is 11.8 Å². The van der Waals surface area contributed by atoms with Crippen molar-refractivity contribution >= 4 is 46.8 Å². The summed E-state index contributed by atoms with van der Waals surface area (Å²) in [5.74, 6) is 0.707. The summed E-state index contributed by atoms with van der Waals surface area (Å²) in [7, 11) is 3.07. The van der Waals surface area contributed by atoms with E-state index in [1.54, 1.807) is 49.6 Å². The number of rotatable bonds is 7. The molecule has 0 saturated carbocycles. The summed E-state index contributed by atoms with van der Waals surface area (Å²) < 4.78 is 15.8. The van der Waals surface area contributed by atoms with Crippen LogP contribution in [0.5, 0.6) is 17.2 Å². The molecule has 31 heavy (non-hydrogen) atoms. The molecule has 0 bridgehead atoms. The van der Waals surface area contributed by atoms with Gasteiger partial charge in [0.05, 0.1) is 14.2 Å². The summed E-state index contributed by atoms with van der Waals surface area (Å²) in [6.07, 6.45) is 2.88. The first-order valence-electron chi connectivity index (χ1n) is 9.01. The zero-order valence-electron chi connectivity index (χ0n) is 17.2. The Hall–Kier alpha value is -3.30. The zero-order valence-corrected chi connectivity index (χ0v) is 18.7. The predicted octanol–water partition coefficient (Wildman–Crippen LogP) is 2.78. The number of carbonyl (C=O) groups excluding carboxylic acids is 2. The van der Waals surface area contributed by atoms with Crippen LogP contribution in [0, 0.1) is 6.92 Å². The molecule has 8 nitrogen and oxygen atoms in total. The highest BCUT2D eigenvalue weighted by Gasteiger charge is 2.07. The lowest BCUT2D eigenvalue weighted by atomic mass is 10.2. The Balaban J connectivity index is 1.76. The van der Waals surface area contributed by atoms with Gasteiger partial charge in [0.1, 0.15) is 5.75 Å². The Morgan fingerprint density at radius 2 is 1.74 bits per heavy atom. The van der Waals surface area contributed by atoms with Crippen LogP contribution in [0.25, 0.3) is 6.08 Å². The maximum atomic E-state index is 12.0. The number of hydrogen-bond donors (Lipinski definition) is 3. The average molecular weight is 464 g/mol. The fourth-order valence-electron chi connectivity index (χ4n) is 2.39. The molecular weight excluding hydrogens is 442 g/mol. The summed E-state index contributed by atoms with van der Waals surface area (Å²) in [4.78, 5) is 23.9. The second-order valence-corrected chi connectivity index (χ2v) is 6.98. The van der Waals surface area contributed by atoms with E-state index in [1.165, 1.54) is 13.2 Å². The smallest absolute Gasteiger partial charge is 0.276 e. The lowest BCUT2D eigenvalue weighted by Gasteiger charge is -2.11. The van der Waals surface area contributed by atoms with Crippen LogP contribution in [0.2, 0.25) is 5.02 Å². The Labute approximate surface area is 190 Å². The van der Waals surface area contributed by atoms with Gasteiger partial charge in [0.15, 0.2) is 23.2 Å². The van der Waals surface area contributed by atoms with Crippen LogP contribution in [0.3, 0.4) is 0 Å². The molecule has 0 saturated heterocycles. The van der Waals surface area contributed by atoms with Crippen molar-refractivity contribution in [3.05, 3.63) is 58.6 Å². The molecule has 0 heterocycles. The first-order valence-corrected chi connectivity index (χ1v) is 9.80. The summed E-state index contributed by atoms with van der Waals surface area (Å²) in [6.45, 7) is 1.57. The summed E-state index contributed by atoms with van der Waals surface area (Å²) in [6, 6.07) is 10.3. The molecule has 0 spiro atoms. The van der Waals surface area contributed by atoms with Crippen molar-refractivity contribution in [3.63, 3.8) is 0 Å². The van der Waals surface area contributed by atoms with Crippen LogP contribution in [0.4, 0.5) is 0 Å². The number of nitrogens with one attached hydrogen (secondary N) is 3. The van der Waals surface area contributed by atoms with Crippen molar-refractivity contribution in [2.75, 3.05) is 20.8 Å². The molecule has 10 heteroatoms. The zero-order chi connectivity index (χ0) is 22.8. The van der Waals surface area contributed by atoms with Crippen molar-refractivity contribution < 1.29 is 23.8 Å². The van der Waals surface area contributed by atoms with Crippen LogP contribution in [0.15, 0.2) is 42.5 Å². The number of halogens is 1. The average Bonchev–Trinajstić information content (AvgIpc) is 2.75. The number of ether oxygens (including phenoxy) is 3. The number of hydrogen-bond acceptors (Lipinski definition) is 6. The molecule has 2 amide bonds. The Morgan fingerprint density at radius 3 is 2.42 bits per heavy atom. The normalized spacial score (nSPS) is 10.3. The molecule has 164 valence electrons. The molecule has 0 aliphatic rings. The standard InChI is InChI=1S/C21H22ClN3O5S/c1-13-10-15(22)6-8-16(13)30-12-20(27)24-25-21(31)23-19(26)9-5-14-4-7-17(28-2)18(11-14)29-3/h4-11H,12H2,1-3H3,(H,24,27)(H2,23,25,26,31). The van der Waals surface area contributed by atoms with Gasteiger partial charge in [0, 0.05) is 11.1 Å². The Kier molecular flexibility index (Phi) is 9.11. The minimum absolute atomic E-state index is 0.0713. The molecular formula is C21H22ClN3O5S. The monoisotopic (exact) mass is 463 g/mol. The number of amides is 2. The van der Waals surface area contributed by atoms with Gasteiger partial charge in [-0.2, -0.15) is 0 Å². The lowest BCUT2D eigenvalue weighted by molar-refractivity contribution is -0.123. The SMILES string of the molecule is COc1ccc(C=CC(=O)NC(=S)NNC(=O)COc2ccc(Cl)cc2C)cc1OC. The van der Waals surface area contributed by atoms with Crippen LogP contribution in [-0.4, -0.2) is 37.8 Å². The van der Waals surface area contributed by atoms with Gasteiger partial charge < -0.3 is 14.2 Å². The molecule has 0 aromatic heterocycles. The van der Waals surface area contributed by atoms with E-state index in [0.717, 1.165) is 11.1 Å². The van der Waals surface area contributed by atoms with Crippen molar-refractivity contribution in [3.8, 4) is 17.2 Å². The van der Waals surface area contributed by atoms with E-state index in [9.17, 15) is 9.59 Å². The molecule has 0 aliphatic heterocycles. The number of aryl methyl sites for hydroxylation is 1. The van der Waals surface area contributed by atoms with Crippen LogP contribution in [-0.2, 0) is 9.59 Å². The predicted molar refractivity (Wildman–Crippen MR) is 122 cm³/mol. The highest BCUT2D eigenvalue weighted by Crippen LogP contribution is 2.27. The number of carbonyl (C=O) groups is 2. The van der Waals surface area contributed by atoms with Gasteiger partial charge in [-0.3, -0.25) is 25.8 Å². The fraction of sp³-hybridized carbons (Fsp3) is 0.190. The van der Waals surface area contributed by atoms with Gasteiger partial charge in [-0.1, -0.05) is 17.7 Å². The fourth-order valence-corrected chi connectivity index (χ4v) is 2.77. The number of hydrazine groups is 1. The molecule has 0 unspecified atom stereocenters. The largest absolute Gasteiger partial charge is 0.493 e. The Morgan fingerprint density at radius 1 is 1.03 bits per heavy atom. The highest BCUT2D eigenvalue weighted by molar-refractivity contribution is 7.80. The summed E-state index contributed by atoms with van der Waals surface area (Å²) >= 11 is 10.9. The van der Waals surface area contributed by atoms with E-state index in [2.05, 4.69) is 16.2 Å². The lowest BCUT2D eigenvalue weighted by Crippen LogP contribution is -2.49. The minimum Gasteiger partial charge on any atom is -0.493 e. The number of thiocarbonyl (C=S) groups is 1. The summed E-state index contributed by atoms with van der Waals surface area (Å²) in [5.41, 5.74) is 6.31. The van der Waals surface area contributed by atoms with Gasteiger partial charge in [0.25, 0.3) is 5.91 Å². The topological polar surface area (TPSA) is 97.9 Å². The third-order valence-corrected chi connectivity index (χ3v) is 4.32.